The summed E-state index contributed by atoms with van der Waals surface area (Å²) in [6, 6.07) is 3.76. The second-order valence-electron chi connectivity index (χ2n) is 5.73. The second kappa shape index (κ2) is 5.78. The predicted molar refractivity (Wildman–Crippen MR) is 89.6 cm³/mol. The molecule has 1 aliphatic heterocycles. The minimum absolute atomic E-state index is 0.165. The number of carbonyl (C=O) groups excluding carboxylic acids is 1. The summed E-state index contributed by atoms with van der Waals surface area (Å²) >= 11 is 1.37. The third kappa shape index (κ3) is 2.64. The smallest absolute Gasteiger partial charge is 0.272 e. The van der Waals surface area contributed by atoms with Crippen LogP contribution in [-0.2, 0) is 4.74 Å². The maximum Gasteiger partial charge on any atom is 0.272 e. The van der Waals surface area contributed by atoms with E-state index in [-0.39, 0.29) is 5.91 Å². The molecule has 0 atom stereocenters. The van der Waals surface area contributed by atoms with E-state index in [1.807, 2.05) is 12.1 Å². The Balaban J connectivity index is 1.62. The van der Waals surface area contributed by atoms with Crippen molar-refractivity contribution in [3.63, 3.8) is 0 Å². The zero-order valence-corrected chi connectivity index (χ0v) is 13.3. The Hall–Kier alpha value is -2.19. The lowest BCUT2D eigenvalue weighted by Gasteiger charge is -2.21. The van der Waals surface area contributed by atoms with Crippen molar-refractivity contribution in [2.45, 2.75) is 12.8 Å². The number of H-pyrrole nitrogens is 1. The van der Waals surface area contributed by atoms with Crippen molar-refractivity contribution in [2.75, 3.05) is 25.5 Å². The molecule has 7 nitrogen and oxygen atoms in total. The van der Waals surface area contributed by atoms with Gasteiger partial charge in [0.2, 0.25) is 0 Å². The Labute approximate surface area is 136 Å². The van der Waals surface area contributed by atoms with Gasteiger partial charge in [0.15, 0.2) is 10.8 Å². The first-order valence-electron chi connectivity index (χ1n) is 7.61. The van der Waals surface area contributed by atoms with E-state index in [9.17, 15) is 4.79 Å². The van der Waals surface area contributed by atoms with Gasteiger partial charge in [0, 0.05) is 19.8 Å². The Kier molecular flexibility index (Phi) is 3.62. The molecule has 1 amide bonds. The Bertz CT molecular complexity index is 865. The second-order valence-corrected chi connectivity index (χ2v) is 6.76. The average Bonchev–Trinajstić information content (AvgIpc) is 3.15. The molecule has 2 aromatic heterocycles. The number of nitrogens with two attached hydrogens (primary N) is 1. The van der Waals surface area contributed by atoms with Crippen LogP contribution in [0.15, 0.2) is 12.1 Å². The summed E-state index contributed by atoms with van der Waals surface area (Å²) in [5, 5.41) is 11.4. The first kappa shape index (κ1) is 14.4. The van der Waals surface area contributed by atoms with Crippen LogP contribution in [0.4, 0.5) is 5.13 Å². The fraction of sp³-hybridized carbons (Fsp3) is 0.400. The molecule has 0 unspecified atom stereocenters. The molecule has 0 saturated carbocycles. The molecule has 4 N–H and O–H groups in total. The number of ether oxygens (including phenoxy) is 1. The predicted octanol–water partition coefficient (Wildman–Crippen LogP) is 1.91. The van der Waals surface area contributed by atoms with Crippen LogP contribution in [0.5, 0.6) is 0 Å². The summed E-state index contributed by atoms with van der Waals surface area (Å²) in [6.45, 7) is 2.19. The topological polar surface area (TPSA) is 106 Å². The fourth-order valence-corrected chi connectivity index (χ4v) is 3.83. The number of amides is 1. The largest absolute Gasteiger partial charge is 0.381 e. The first-order chi connectivity index (χ1) is 11.2. The van der Waals surface area contributed by atoms with Gasteiger partial charge in [-0.1, -0.05) is 11.3 Å². The van der Waals surface area contributed by atoms with Crippen LogP contribution < -0.4 is 11.1 Å². The molecule has 3 heterocycles. The standard InChI is InChI=1S/C15H17N5O2S/c16-15-18-10-2-1-9-11(13(10)23-15)12(20-19-9)14(21)17-7-8-3-5-22-6-4-8/h1-2,8H,3-7H2,(H2,16,18)(H,17,21)(H,19,20). The number of nitrogen functional groups attached to an aromatic ring is 1. The number of nitrogens with zero attached hydrogens (tertiary/aromatic N) is 2. The molecule has 3 aromatic rings. The van der Waals surface area contributed by atoms with E-state index in [1.165, 1.54) is 11.3 Å². The number of aromatic amines is 1. The lowest BCUT2D eigenvalue weighted by Crippen LogP contribution is -2.32. The molecule has 120 valence electrons. The van der Waals surface area contributed by atoms with Gasteiger partial charge in [0.1, 0.15) is 0 Å². The number of aromatic nitrogens is 3. The van der Waals surface area contributed by atoms with Crippen molar-refractivity contribution in [1.29, 1.82) is 0 Å². The first-order valence-corrected chi connectivity index (χ1v) is 8.43. The van der Waals surface area contributed by atoms with Gasteiger partial charge in [0.05, 0.1) is 21.1 Å². The molecule has 0 aliphatic carbocycles. The number of fused-ring (bicyclic) bond motifs is 3. The van der Waals surface area contributed by atoms with E-state index in [0.29, 0.717) is 23.3 Å². The molecule has 1 aromatic carbocycles. The number of hydrogen-bond acceptors (Lipinski definition) is 6. The van der Waals surface area contributed by atoms with E-state index in [2.05, 4.69) is 20.5 Å². The molecule has 1 fully saturated rings. The zero-order valence-electron chi connectivity index (χ0n) is 12.5. The van der Waals surface area contributed by atoms with Gasteiger partial charge >= 0.3 is 0 Å². The Morgan fingerprint density at radius 3 is 3.09 bits per heavy atom. The molecule has 0 radical (unpaired) electrons. The van der Waals surface area contributed by atoms with E-state index in [0.717, 1.165) is 47.2 Å². The monoisotopic (exact) mass is 331 g/mol. The van der Waals surface area contributed by atoms with Crippen molar-refractivity contribution in [3.05, 3.63) is 17.8 Å². The van der Waals surface area contributed by atoms with Gasteiger partial charge in [-0.2, -0.15) is 5.10 Å². The number of nitrogens with one attached hydrogen (secondary N) is 2. The maximum atomic E-state index is 12.5. The number of hydrogen-bond donors (Lipinski definition) is 3. The highest BCUT2D eigenvalue weighted by molar-refractivity contribution is 7.23. The van der Waals surface area contributed by atoms with Crippen molar-refractivity contribution in [1.82, 2.24) is 20.5 Å². The lowest BCUT2D eigenvalue weighted by atomic mass is 10.0. The number of rotatable bonds is 3. The maximum absolute atomic E-state index is 12.5. The molecule has 0 bridgehead atoms. The zero-order chi connectivity index (χ0) is 15.8. The van der Waals surface area contributed by atoms with E-state index in [4.69, 9.17) is 10.5 Å². The SMILES string of the molecule is Nc1nc2ccc3[nH]nc(C(=O)NCC4CCOCC4)c3c2s1. The van der Waals surface area contributed by atoms with Crippen LogP contribution in [0.1, 0.15) is 23.3 Å². The van der Waals surface area contributed by atoms with Crippen LogP contribution in [0, 0.1) is 5.92 Å². The van der Waals surface area contributed by atoms with Gasteiger partial charge < -0.3 is 15.8 Å². The third-order valence-electron chi connectivity index (χ3n) is 4.21. The van der Waals surface area contributed by atoms with Crippen molar-refractivity contribution < 1.29 is 9.53 Å². The molecular formula is C15H17N5O2S. The number of benzene rings is 1. The molecule has 23 heavy (non-hydrogen) atoms. The van der Waals surface area contributed by atoms with Gasteiger partial charge in [-0.15, -0.1) is 0 Å². The van der Waals surface area contributed by atoms with Gasteiger partial charge in [0.25, 0.3) is 5.91 Å². The third-order valence-corrected chi connectivity index (χ3v) is 5.12. The molecule has 4 rings (SSSR count). The Morgan fingerprint density at radius 1 is 1.43 bits per heavy atom. The molecule has 1 saturated heterocycles. The molecule has 0 spiro atoms. The fourth-order valence-electron chi connectivity index (χ4n) is 2.95. The average molecular weight is 331 g/mol. The molecule has 1 aliphatic rings. The summed E-state index contributed by atoms with van der Waals surface area (Å²) in [6.07, 6.45) is 1.97. The van der Waals surface area contributed by atoms with Crippen LogP contribution in [0.25, 0.3) is 21.1 Å². The minimum atomic E-state index is -0.165. The highest BCUT2D eigenvalue weighted by Crippen LogP contribution is 2.32. The van der Waals surface area contributed by atoms with Gasteiger partial charge in [-0.25, -0.2) is 4.98 Å². The van der Waals surface area contributed by atoms with E-state index in [1.54, 1.807) is 0 Å². The highest BCUT2D eigenvalue weighted by atomic mass is 32.1. The molecular weight excluding hydrogens is 314 g/mol. The van der Waals surface area contributed by atoms with Crippen molar-refractivity contribution in [2.24, 2.45) is 5.92 Å². The highest BCUT2D eigenvalue weighted by Gasteiger charge is 2.20. The molecule has 8 heteroatoms. The summed E-state index contributed by atoms with van der Waals surface area (Å²) in [7, 11) is 0. The summed E-state index contributed by atoms with van der Waals surface area (Å²) in [4.78, 5) is 16.8. The number of carbonyl (C=O) groups is 1. The summed E-state index contributed by atoms with van der Waals surface area (Å²) in [5.74, 6) is 0.305. The van der Waals surface area contributed by atoms with E-state index >= 15 is 0 Å². The van der Waals surface area contributed by atoms with Crippen LogP contribution in [-0.4, -0.2) is 40.8 Å². The Morgan fingerprint density at radius 2 is 2.26 bits per heavy atom. The van der Waals surface area contributed by atoms with Crippen molar-refractivity contribution >= 4 is 43.5 Å². The summed E-state index contributed by atoms with van der Waals surface area (Å²) in [5.41, 5.74) is 7.81. The van der Waals surface area contributed by atoms with Crippen LogP contribution in [0.3, 0.4) is 0 Å². The van der Waals surface area contributed by atoms with E-state index < -0.39 is 0 Å². The summed E-state index contributed by atoms with van der Waals surface area (Å²) < 4.78 is 6.23. The minimum Gasteiger partial charge on any atom is -0.381 e. The van der Waals surface area contributed by atoms with Gasteiger partial charge in [-0.3, -0.25) is 9.89 Å². The van der Waals surface area contributed by atoms with Crippen LogP contribution >= 0.6 is 11.3 Å². The number of thiazole rings is 1. The lowest BCUT2D eigenvalue weighted by molar-refractivity contribution is 0.0642. The quantitative estimate of drug-likeness (QED) is 0.680. The van der Waals surface area contributed by atoms with Gasteiger partial charge in [-0.05, 0) is 30.9 Å². The normalized spacial score (nSPS) is 16.2. The van der Waals surface area contributed by atoms with Crippen LogP contribution in [0.2, 0.25) is 0 Å². The number of anilines is 1. The van der Waals surface area contributed by atoms with Crippen molar-refractivity contribution in [3.8, 4) is 0 Å².